The number of alkyl halides is 1. The zero-order valence-electron chi connectivity index (χ0n) is 9.34. The summed E-state index contributed by atoms with van der Waals surface area (Å²) in [6.45, 7) is 0. The van der Waals surface area contributed by atoms with E-state index in [1.165, 1.54) is 6.07 Å². The quantitative estimate of drug-likeness (QED) is 0.614. The number of hydrogen-bond acceptors (Lipinski definition) is 0. The highest BCUT2D eigenvalue weighted by molar-refractivity contribution is 9.09. The molecule has 4 heteroatoms. The highest BCUT2D eigenvalue weighted by Gasteiger charge is 2.13. The highest BCUT2D eigenvalue weighted by atomic mass is 79.9. The fourth-order valence-electron chi connectivity index (χ4n) is 1.69. The molecule has 0 nitrogen and oxygen atoms in total. The lowest BCUT2D eigenvalue weighted by Gasteiger charge is -2.12. The third kappa shape index (κ3) is 3.47. The molecule has 0 aromatic heterocycles. The van der Waals surface area contributed by atoms with Crippen molar-refractivity contribution in [2.45, 2.75) is 11.2 Å². The minimum Gasteiger partial charge on any atom is -0.207 e. The van der Waals surface area contributed by atoms with Gasteiger partial charge in [0.05, 0.1) is 0 Å². The zero-order chi connectivity index (χ0) is 13.1. The van der Waals surface area contributed by atoms with E-state index in [0.29, 0.717) is 22.0 Å². The Morgan fingerprint density at radius 3 is 2.28 bits per heavy atom. The molecule has 94 valence electrons. The number of halogens is 4. The van der Waals surface area contributed by atoms with Crippen LogP contribution in [0, 0.1) is 5.82 Å². The van der Waals surface area contributed by atoms with E-state index < -0.39 is 0 Å². The van der Waals surface area contributed by atoms with E-state index in [0.717, 1.165) is 5.56 Å². The van der Waals surface area contributed by atoms with Gasteiger partial charge in [0, 0.05) is 20.4 Å². The van der Waals surface area contributed by atoms with Gasteiger partial charge >= 0.3 is 0 Å². The molecule has 18 heavy (non-hydrogen) atoms. The van der Waals surface area contributed by atoms with E-state index in [2.05, 4.69) is 15.9 Å². The Labute approximate surface area is 124 Å². The maximum atomic E-state index is 13.7. The van der Waals surface area contributed by atoms with Crippen LogP contribution in [0.15, 0.2) is 42.5 Å². The molecule has 2 rings (SSSR count). The van der Waals surface area contributed by atoms with Crippen molar-refractivity contribution < 1.29 is 4.39 Å². The maximum Gasteiger partial charge on any atom is 0.127 e. The molecule has 0 fully saturated rings. The van der Waals surface area contributed by atoms with Crippen LogP contribution in [-0.4, -0.2) is 0 Å². The molecule has 0 heterocycles. The second kappa shape index (κ2) is 6.05. The molecule has 0 aliphatic heterocycles. The van der Waals surface area contributed by atoms with Gasteiger partial charge in [-0.15, -0.1) is 0 Å². The van der Waals surface area contributed by atoms with Crippen LogP contribution in [0.25, 0.3) is 0 Å². The third-order valence-corrected chi connectivity index (χ3v) is 3.93. The highest BCUT2D eigenvalue weighted by Crippen LogP contribution is 2.31. The summed E-state index contributed by atoms with van der Waals surface area (Å²) < 4.78 is 13.7. The van der Waals surface area contributed by atoms with E-state index >= 15 is 0 Å². The largest absolute Gasteiger partial charge is 0.207 e. The minimum absolute atomic E-state index is 0.114. The summed E-state index contributed by atoms with van der Waals surface area (Å²) >= 11 is 15.2. The van der Waals surface area contributed by atoms with Crippen LogP contribution < -0.4 is 0 Å². The number of benzene rings is 2. The van der Waals surface area contributed by atoms with Gasteiger partial charge in [-0.2, -0.15) is 0 Å². The lowest BCUT2D eigenvalue weighted by atomic mass is 10.0. The number of rotatable bonds is 3. The molecule has 0 saturated heterocycles. The smallest absolute Gasteiger partial charge is 0.127 e. The van der Waals surface area contributed by atoms with Gasteiger partial charge in [-0.25, -0.2) is 4.39 Å². The van der Waals surface area contributed by atoms with Crippen molar-refractivity contribution in [2.24, 2.45) is 0 Å². The van der Waals surface area contributed by atoms with Crippen LogP contribution in [0.2, 0.25) is 10.0 Å². The fraction of sp³-hybridized carbons (Fsp3) is 0.143. The molecule has 0 radical (unpaired) electrons. The average Bonchev–Trinajstić information content (AvgIpc) is 2.35. The third-order valence-electron chi connectivity index (χ3n) is 2.62. The minimum atomic E-state index is -0.254. The molecule has 2 aromatic rings. The number of hydrogen-bond donors (Lipinski definition) is 0. The second-order valence-corrected chi connectivity index (χ2v) is 5.94. The first-order chi connectivity index (χ1) is 8.56. The Balaban J connectivity index is 2.18. The van der Waals surface area contributed by atoms with E-state index in [4.69, 9.17) is 23.2 Å². The van der Waals surface area contributed by atoms with Gasteiger partial charge in [-0.05, 0) is 42.3 Å². The van der Waals surface area contributed by atoms with Crippen molar-refractivity contribution in [3.8, 4) is 0 Å². The van der Waals surface area contributed by atoms with E-state index in [1.807, 2.05) is 24.3 Å². The van der Waals surface area contributed by atoms with Crippen molar-refractivity contribution in [3.63, 3.8) is 0 Å². The lowest BCUT2D eigenvalue weighted by molar-refractivity contribution is 0.608. The van der Waals surface area contributed by atoms with Gasteiger partial charge in [0.1, 0.15) is 5.82 Å². The molecular formula is C14H10BrCl2F. The van der Waals surface area contributed by atoms with Gasteiger partial charge in [-0.3, -0.25) is 0 Å². The molecule has 0 spiro atoms. The summed E-state index contributed by atoms with van der Waals surface area (Å²) in [5.41, 5.74) is 1.65. The molecule has 1 unspecified atom stereocenters. The molecule has 1 atom stereocenters. The van der Waals surface area contributed by atoms with Crippen LogP contribution in [-0.2, 0) is 6.42 Å². The Kier molecular flexibility index (Phi) is 4.66. The summed E-state index contributed by atoms with van der Waals surface area (Å²) in [5.74, 6) is -0.254. The first-order valence-corrected chi connectivity index (χ1v) is 7.07. The Morgan fingerprint density at radius 2 is 1.61 bits per heavy atom. The second-order valence-electron chi connectivity index (χ2n) is 3.96. The maximum absolute atomic E-state index is 13.7. The van der Waals surface area contributed by atoms with Gasteiger partial charge in [-0.1, -0.05) is 51.3 Å². The monoisotopic (exact) mass is 346 g/mol. The van der Waals surface area contributed by atoms with Gasteiger partial charge in [0.2, 0.25) is 0 Å². The topological polar surface area (TPSA) is 0 Å². The zero-order valence-corrected chi connectivity index (χ0v) is 12.4. The van der Waals surface area contributed by atoms with E-state index in [-0.39, 0.29) is 10.6 Å². The van der Waals surface area contributed by atoms with Gasteiger partial charge < -0.3 is 0 Å². The summed E-state index contributed by atoms with van der Waals surface area (Å²) in [6.07, 6.45) is 0.675. The van der Waals surface area contributed by atoms with Gasteiger partial charge in [0.25, 0.3) is 0 Å². The average molecular weight is 348 g/mol. The summed E-state index contributed by atoms with van der Waals surface area (Å²) in [4.78, 5) is -0.114. The summed E-state index contributed by atoms with van der Waals surface area (Å²) in [5, 5.41) is 1.23. The first kappa shape index (κ1) is 13.9. The molecular weight excluding hydrogens is 338 g/mol. The Hall–Kier alpha value is -0.570. The molecule has 0 saturated carbocycles. The van der Waals surface area contributed by atoms with Crippen LogP contribution in [0.3, 0.4) is 0 Å². The Bertz CT molecular complexity index is 540. The van der Waals surface area contributed by atoms with Crippen molar-refractivity contribution >= 4 is 39.1 Å². The van der Waals surface area contributed by atoms with Crippen molar-refractivity contribution in [1.29, 1.82) is 0 Å². The lowest BCUT2D eigenvalue weighted by Crippen LogP contribution is -1.98. The normalized spacial score (nSPS) is 12.4. The molecule has 0 bridgehead atoms. The molecule has 0 N–H and O–H groups in total. The summed E-state index contributed by atoms with van der Waals surface area (Å²) in [6, 6.07) is 12.1. The summed E-state index contributed by atoms with van der Waals surface area (Å²) in [7, 11) is 0. The molecule has 0 aliphatic carbocycles. The van der Waals surface area contributed by atoms with Crippen molar-refractivity contribution in [3.05, 3.63) is 69.5 Å². The SMILES string of the molecule is Fc1ccc(Cl)cc1C(Br)Cc1ccc(Cl)cc1. The molecule has 2 aromatic carbocycles. The van der Waals surface area contributed by atoms with Crippen molar-refractivity contribution in [2.75, 3.05) is 0 Å². The van der Waals surface area contributed by atoms with Crippen LogP contribution in [0.4, 0.5) is 4.39 Å². The predicted octanol–water partition coefficient (Wildman–Crippen LogP) is 5.81. The van der Waals surface area contributed by atoms with Crippen molar-refractivity contribution in [1.82, 2.24) is 0 Å². The Morgan fingerprint density at radius 1 is 1.00 bits per heavy atom. The van der Waals surface area contributed by atoms with Crippen LogP contribution >= 0.6 is 39.1 Å². The molecule has 0 amide bonds. The van der Waals surface area contributed by atoms with Crippen LogP contribution in [0.5, 0.6) is 0 Å². The predicted molar refractivity (Wildman–Crippen MR) is 78.2 cm³/mol. The van der Waals surface area contributed by atoms with Crippen LogP contribution in [0.1, 0.15) is 16.0 Å². The first-order valence-electron chi connectivity index (χ1n) is 5.40. The van der Waals surface area contributed by atoms with E-state index in [9.17, 15) is 4.39 Å². The van der Waals surface area contributed by atoms with Gasteiger partial charge in [0.15, 0.2) is 0 Å². The molecule has 0 aliphatic rings. The standard InChI is InChI=1S/C14H10BrCl2F/c15-13(7-9-1-3-10(16)4-2-9)12-8-11(17)5-6-14(12)18/h1-6,8,13H,7H2. The van der Waals surface area contributed by atoms with E-state index in [1.54, 1.807) is 12.1 Å². The fourth-order valence-corrected chi connectivity index (χ4v) is 2.72.